The Morgan fingerprint density at radius 1 is 1.04 bits per heavy atom. The summed E-state index contributed by atoms with van der Waals surface area (Å²) in [6.07, 6.45) is 2.46. The van der Waals surface area contributed by atoms with Gasteiger partial charge in [0.05, 0.1) is 5.56 Å². The maximum Gasteiger partial charge on any atom is 0.344 e. The quantitative estimate of drug-likeness (QED) is 0.589. The second-order valence-electron chi connectivity index (χ2n) is 5.88. The van der Waals surface area contributed by atoms with Crippen molar-refractivity contribution in [3.05, 3.63) is 59.7 Å². The molecular weight excluding hydrogens is 334 g/mol. The number of para-hydroxylation sites is 2. The van der Waals surface area contributed by atoms with E-state index >= 15 is 0 Å². The van der Waals surface area contributed by atoms with Crippen molar-refractivity contribution in [2.45, 2.75) is 12.8 Å². The highest BCUT2D eigenvalue weighted by atomic mass is 16.6. The molecule has 2 aromatic carbocycles. The number of carbonyl (C=O) groups is 3. The lowest BCUT2D eigenvalue weighted by Gasteiger charge is -2.29. The van der Waals surface area contributed by atoms with Crippen LogP contribution in [0.1, 0.15) is 22.3 Å². The number of fused-ring (bicyclic) bond motifs is 1. The minimum atomic E-state index is -0.663. The van der Waals surface area contributed by atoms with Gasteiger partial charge in [-0.05, 0) is 36.6 Å². The Bertz CT molecular complexity index is 817. The molecule has 0 saturated heterocycles. The monoisotopic (exact) mass is 353 g/mol. The second-order valence-corrected chi connectivity index (χ2v) is 5.88. The third kappa shape index (κ3) is 4.08. The minimum Gasteiger partial charge on any atom is -0.481 e. The summed E-state index contributed by atoms with van der Waals surface area (Å²) in [4.78, 5) is 36.8. The number of aldehydes is 1. The van der Waals surface area contributed by atoms with Gasteiger partial charge in [0.2, 0.25) is 0 Å². The fraction of sp³-hybridized carbons (Fsp3) is 0.250. The van der Waals surface area contributed by atoms with Crippen molar-refractivity contribution in [1.82, 2.24) is 0 Å². The molecule has 6 nitrogen and oxygen atoms in total. The molecule has 1 aliphatic rings. The molecule has 0 radical (unpaired) electrons. The van der Waals surface area contributed by atoms with Crippen LogP contribution >= 0.6 is 0 Å². The van der Waals surface area contributed by atoms with Crippen molar-refractivity contribution in [2.75, 3.05) is 24.7 Å². The van der Waals surface area contributed by atoms with E-state index in [2.05, 4.69) is 0 Å². The van der Waals surface area contributed by atoms with Gasteiger partial charge in [-0.1, -0.05) is 30.3 Å². The van der Waals surface area contributed by atoms with Gasteiger partial charge in [0.1, 0.15) is 5.75 Å². The zero-order valence-electron chi connectivity index (χ0n) is 14.2. The van der Waals surface area contributed by atoms with Crippen molar-refractivity contribution >= 4 is 23.9 Å². The highest BCUT2D eigenvalue weighted by Crippen LogP contribution is 2.26. The second kappa shape index (κ2) is 8.29. The number of ether oxygens (including phenoxy) is 2. The van der Waals surface area contributed by atoms with Gasteiger partial charge >= 0.3 is 5.97 Å². The lowest BCUT2D eigenvalue weighted by molar-refractivity contribution is -0.149. The molecule has 0 N–H and O–H groups in total. The average molecular weight is 353 g/mol. The summed E-state index contributed by atoms with van der Waals surface area (Å²) >= 11 is 0. The third-order valence-corrected chi connectivity index (χ3v) is 4.16. The Morgan fingerprint density at radius 2 is 1.81 bits per heavy atom. The molecule has 134 valence electrons. The van der Waals surface area contributed by atoms with Crippen LogP contribution in [0.5, 0.6) is 5.75 Å². The van der Waals surface area contributed by atoms with Crippen LogP contribution in [-0.2, 0) is 20.7 Å². The zero-order valence-corrected chi connectivity index (χ0v) is 14.2. The first kappa shape index (κ1) is 17.7. The van der Waals surface area contributed by atoms with Crippen LogP contribution in [0.3, 0.4) is 0 Å². The number of benzene rings is 2. The number of nitrogens with zero attached hydrogens (tertiary/aromatic N) is 1. The molecule has 0 fully saturated rings. The zero-order chi connectivity index (χ0) is 18.4. The first-order chi connectivity index (χ1) is 12.7. The van der Waals surface area contributed by atoms with Crippen LogP contribution in [0.4, 0.5) is 5.69 Å². The minimum absolute atomic E-state index is 0.265. The van der Waals surface area contributed by atoms with Crippen LogP contribution < -0.4 is 9.64 Å². The van der Waals surface area contributed by atoms with Crippen molar-refractivity contribution in [2.24, 2.45) is 0 Å². The van der Waals surface area contributed by atoms with Crippen molar-refractivity contribution < 1.29 is 23.9 Å². The smallest absolute Gasteiger partial charge is 0.344 e. The summed E-state index contributed by atoms with van der Waals surface area (Å²) in [5, 5.41) is 0. The molecule has 2 aromatic rings. The largest absolute Gasteiger partial charge is 0.481 e. The molecule has 0 unspecified atom stereocenters. The Labute approximate surface area is 151 Å². The fourth-order valence-electron chi connectivity index (χ4n) is 2.90. The van der Waals surface area contributed by atoms with Gasteiger partial charge in [-0.3, -0.25) is 9.59 Å². The molecule has 3 rings (SSSR count). The highest BCUT2D eigenvalue weighted by molar-refractivity contribution is 5.96. The fourth-order valence-corrected chi connectivity index (χ4v) is 2.90. The predicted molar refractivity (Wildman–Crippen MR) is 95.4 cm³/mol. The SMILES string of the molecule is O=Cc1ccccc1OCC(=O)OCC(=O)N1CCCc2ccccc21. The van der Waals surface area contributed by atoms with Gasteiger partial charge in [0.15, 0.2) is 19.5 Å². The number of anilines is 1. The number of rotatable bonds is 6. The van der Waals surface area contributed by atoms with E-state index in [4.69, 9.17) is 9.47 Å². The van der Waals surface area contributed by atoms with Crippen LogP contribution in [-0.4, -0.2) is 37.9 Å². The molecule has 1 amide bonds. The predicted octanol–water partition coefficient (Wildman–Crippen LogP) is 2.40. The van der Waals surface area contributed by atoms with E-state index in [1.54, 1.807) is 29.2 Å². The summed E-state index contributed by atoms with van der Waals surface area (Å²) in [5.74, 6) is -0.626. The first-order valence-electron chi connectivity index (χ1n) is 8.40. The summed E-state index contributed by atoms with van der Waals surface area (Å²) in [7, 11) is 0. The molecule has 1 heterocycles. The maximum atomic E-state index is 12.4. The van der Waals surface area contributed by atoms with Gasteiger partial charge in [-0.15, -0.1) is 0 Å². The Kier molecular flexibility index (Phi) is 5.63. The van der Waals surface area contributed by atoms with E-state index in [1.165, 1.54) is 0 Å². The molecule has 0 atom stereocenters. The number of amides is 1. The van der Waals surface area contributed by atoms with Crippen LogP contribution in [0.2, 0.25) is 0 Å². The molecular formula is C20H19NO5. The van der Waals surface area contributed by atoms with Gasteiger partial charge in [0, 0.05) is 12.2 Å². The summed E-state index contributed by atoms with van der Waals surface area (Å²) < 4.78 is 10.3. The number of aryl methyl sites for hydroxylation is 1. The average Bonchev–Trinajstić information content (AvgIpc) is 2.70. The third-order valence-electron chi connectivity index (χ3n) is 4.16. The van der Waals surface area contributed by atoms with Crippen LogP contribution in [0.15, 0.2) is 48.5 Å². The van der Waals surface area contributed by atoms with Crippen LogP contribution in [0, 0.1) is 0 Å². The molecule has 26 heavy (non-hydrogen) atoms. The molecule has 0 saturated carbocycles. The summed E-state index contributed by atoms with van der Waals surface area (Å²) in [5.41, 5.74) is 2.34. The highest BCUT2D eigenvalue weighted by Gasteiger charge is 2.23. The number of carbonyl (C=O) groups excluding carboxylic acids is 3. The van der Waals surface area contributed by atoms with Gasteiger partial charge in [-0.25, -0.2) is 4.79 Å². The standard InChI is InChI=1S/C20H19NO5/c22-12-16-7-2-4-10-18(16)25-14-20(24)26-13-19(23)21-11-5-8-15-6-1-3-9-17(15)21/h1-4,6-7,9-10,12H,5,8,11,13-14H2. The lowest BCUT2D eigenvalue weighted by atomic mass is 10.0. The van der Waals surface area contributed by atoms with E-state index in [0.29, 0.717) is 24.1 Å². The Morgan fingerprint density at radius 3 is 2.65 bits per heavy atom. The normalized spacial score (nSPS) is 12.8. The Hall–Kier alpha value is -3.15. The first-order valence-corrected chi connectivity index (χ1v) is 8.40. The molecule has 1 aliphatic heterocycles. The number of esters is 1. The van der Waals surface area contributed by atoms with Crippen molar-refractivity contribution in [3.63, 3.8) is 0 Å². The van der Waals surface area contributed by atoms with E-state index in [1.807, 2.05) is 24.3 Å². The van der Waals surface area contributed by atoms with Crippen molar-refractivity contribution in [1.29, 1.82) is 0 Å². The molecule has 6 heteroatoms. The van der Waals surface area contributed by atoms with E-state index in [0.717, 1.165) is 24.1 Å². The van der Waals surface area contributed by atoms with E-state index < -0.39 is 5.97 Å². The van der Waals surface area contributed by atoms with Gasteiger partial charge < -0.3 is 14.4 Å². The van der Waals surface area contributed by atoms with E-state index in [-0.39, 0.29) is 19.1 Å². The molecule has 0 spiro atoms. The topological polar surface area (TPSA) is 72.9 Å². The van der Waals surface area contributed by atoms with Crippen molar-refractivity contribution in [3.8, 4) is 5.75 Å². The summed E-state index contributed by atoms with van der Waals surface area (Å²) in [6.45, 7) is -0.100. The Balaban J connectivity index is 1.52. The summed E-state index contributed by atoms with van der Waals surface area (Å²) in [6, 6.07) is 14.3. The maximum absolute atomic E-state index is 12.4. The molecule has 0 aromatic heterocycles. The van der Waals surface area contributed by atoms with E-state index in [9.17, 15) is 14.4 Å². The number of hydrogen-bond donors (Lipinski definition) is 0. The van der Waals surface area contributed by atoms with Gasteiger partial charge in [0.25, 0.3) is 5.91 Å². The number of hydrogen-bond acceptors (Lipinski definition) is 5. The van der Waals surface area contributed by atoms with Crippen LogP contribution in [0.25, 0.3) is 0 Å². The molecule has 0 bridgehead atoms. The lowest BCUT2D eigenvalue weighted by Crippen LogP contribution is -2.38. The van der Waals surface area contributed by atoms with Gasteiger partial charge in [-0.2, -0.15) is 0 Å². The molecule has 0 aliphatic carbocycles.